The Hall–Kier alpha value is -1.36. The summed E-state index contributed by atoms with van der Waals surface area (Å²) >= 11 is 0. The van der Waals surface area contributed by atoms with Gasteiger partial charge in [0.2, 0.25) is 0 Å². The Balaban J connectivity index is 2.25. The highest BCUT2D eigenvalue weighted by Gasteiger charge is 2.34. The molecule has 1 saturated heterocycles. The summed E-state index contributed by atoms with van der Waals surface area (Å²) in [5, 5.41) is 0. The van der Waals surface area contributed by atoms with Crippen LogP contribution in [0.1, 0.15) is 39.3 Å². The fourth-order valence-electron chi connectivity index (χ4n) is 2.47. The third-order valence-corrected chi connectivity index (χ3v) is 3.45. The lowest BCUT2D eigenvalue weighted by Gasteiger charge is -2.15. The van der Waals surface area contributed by atoms with Crippen LogP contribution in [-0.4, -0.2) is 15.7 Å². The summed E-state index contributed by atoms with van der Waals surface area (Å²) < 4.78 is 7.33. The van der Waals surface area contributed by atoms with Crippen LogP contribution in [-0.2, 0) is 4.74 Å². The summed E-state index contributed by atoms with van der Waals surface area (Å²) in [6, 6.07) is 1.35. The van der Waals surface area contributed by atoms with Gasteiger partial charge in [0.1, 0.15) is 6.23 Å². The van der Waals surface area contributed by atoms with Crippen LogP contribution in [0.4, 0.5) is 0 Å². The molecule has 0 saturated carbocycles. The lowest BCUT2D eigenvalue weighted by atomic mass is 9.96. The minimum atomic E-state index is -0.394. The molecule has 1 aliphatic heterocycles. The molecule has 3 atom stereocenters. The molecule has 1 fully saturated rings. The molecule has 2 rings (SSSR count). The standard InChI is InChI=1S/C12H18N2O3/c1-3-8-7-11(17-9(8)4-2)14-6-5-10(15)13-12(14)16/h5-6,8-9,11H,3-4,7H2,1-2H3,(H,13,15,16)/t8?,9-,11-/m1/s1. The van der Waals surface area contributed by atoms with Crippen LogP contribution < -0.4 is 11.2 Å². The Morgan fingerprint density at radius 2 is 2.18 bits per heavy atom. The van der Waals surface area contributed by atoms with E-state index in [0.29, 0.717) is 5.92 Å². The molecule has 94 valence electrons. The minimum absolute atomic E-state index is 0.212. The Kier molecular flexibility index (Phi) is 3.47. The first kappa shape index (κ1) is 12.1. The molecule has 5 heteroatoms. The summed E-state index contributed by atoms with van der Waals surface area (Å²) in [6.07, 6.45) is 4.32. The average molecular weight is 238 g/mol. The first-order valence-electron chi connectivity index (χ1n) is 6.12. The van der Waals surface area contributed by atoms with Gasteiger partial charge < -0.3 is 4.74 Å². The molecular weight excluding hydrogens is 220 g/mol. The molecule has 1 unspecified atom stereocenters. The third kappa shape index (κ3) is 2.34. The van der Waals surface area contributed by atoms with Gasteiger partial charge in [-0.15, -0.1) is 0 Å². The number of aromatic amines is 1. The maximum Gasteiger partial charge on any atom is 0.330 e. The van der Waals surface area contributed by atoms with Crippen LogP contribution in [0, 0.1) is 5.92 Å². The zero-order valence-corrected chi connectivity index (χ0v) is 10.2. The van der Waals surface area contributed by atoms with E-state index in [1.807, 2.05) is 0 Å². The van der Waals surface area contributed by atoms with Crippen molar-refractivity contribution in [3.63, 3.8) is 0 Å². The highest BCUT2D eigenvalue weighted by Crippen LogP contribution is 2.35. The number of nitrogens with one attached hydrogen (secondary N) is 1. The van der Waals surface area contributed by atoms with Gasteiger partial charge in [0.25, 0.3) is 5.56 Å². The number of H-pyrrole nitrogens is 1. The van der Waals surface area contributed by atoms with E-state index in [4.69, 9.17) is 4.74 Å². The van der Waals surface area contributed by atoms with Gasteiger partial charge in [-0.3, -0.25) is 14.3 Å². The van der Waals surface area contributed by atoms with Crippen LogP contribution in [0.3, 0.4) is 0 Å². The molecule has 1 N–H and O–H groups in total. The van der Waals surface area contributed by atoms with Gasteiger partial charge in [0.05, 0.1) is 6.10 Å². The zero-order valence-electron chi connectivity index (χ0n) is 10.2. The summed E-state index contributed by atoms with van der Waals surface area (Å²) in [5.41, 5.74) is -0.766. The zero-order chi connectivity index (χ0) is 12.4. The van der Waals surface area contributed by atoms with Gasteiger partial charge in [0.15, 0.2) is 0 Å². The summed E-state index contributed by atoms with van der Waals surface area (Å²) in [4.78, 5) is 24.9. The highest BCUT2D eigenvalue weighted by atomic mass is 16.5. The molecule has 0 spiro atoms. The topological polar surface area (TPSA) is 64.1 Å². The molecule has 0 aromatic carbocycles. The lowest BCUT2D eigenvalue weighted by Crippen LogP contribution is -2.31. The van der Waals surface area contributed by atoms with Crippen molar-refractivity contribution in [2.45, 2.75) is 45.4 Å². The van der Waals surface area contributed by atoms with Crippen molar-refractivity contribution in [2.75, 3.05) is 0 Å². The van der Waals surface area contributed by atoms with E-state index in [2.05, 4.69) is 18.8 Å². The van der Waals surface area contributed by atoms with Crippen molar-refractivity contribution in [3.8, 4) is 0 Å². The van der Waals surface area contributed by atoms with Crippen LogP contribution in [0.15, 0.2) is 21.9 Å². The Morgan fingerprint density at radius 1 is 1.41 bits per heavy atom. The number of rotatable bonds is 3. The second-order valence-electron chi connectivity index (χ2n) is 4.46. The summed E-state index contributed by atoms with van der Waals surface area (Å²) in [5.74, 6) is 0.490. The first-order valence-corrected chi connectivity index (χ1v) is 6.12. The van der Waals surface area contributed by atoms with Gasteiger partial charge in [-0.2, -0.15) is 0 Å². The Labute approximate surface area is 99.4 Å². The fourth-order valence-corrected chi connectivity index (χ4v) is 2.47. The third-order valence-electron chi connectivity index (χ3n) is 3.45. The van der Waals surface area contributed by atoms with E-state index in [1.165, 1.54) is 16.8 Å². The Bertz CT molecular complexity index is 479. The maximum atomic E-state index is 11.6. The lowest BCUT2D eigenvalue weighted by molar-refractivity contribution is -0.00891. The average Bonchev–Trinajstić information content (AvgIpc) is 2.72. The van der Waals surface area contributed by atoms with E-state index in [9.17, 15) is 9.59 Å². The quantitative estimate of drug-likeness (QED) is 0.862. The van der Waals surface area contributed by atoms with E-state index >= 15 is 0 Å². The van der Waals surface area contributed by atoms with Gasteiger partial charge in [-0.05, 0) is 18.8 Å². The summed E-state index contributed by atoms with van der Waals surface area (Å²) in [6.45, 7) is 4.22. The van der Waals surface area contributed by atoms with Crippen molar-refractivity contribution in [1.29, 1.82) is 0 Å². The molecule has 2 heterocycles. The van der Waals surface area contributed by atoms with Gasteiger partial charge in [-0.1, -0.05) is 20.3 Å². The number of nitrogens with zero attached hydrogens (tertiary/aromatic N) is 1. The molecule has 0 aliphatic carbocycles. The van der Waals surface area contributed by atoms with Crippen molar-refractivity contribution in [2.24, 2.45) is 5.92 Å². The van der Waals surface area contributed by atoms with E-state index < -0.39 is 5.69 Å². The maximum absolute atomic E-state index is 11.6. The number of aromatic nitrogens is 2. The monoisotopic (exact) mass is 238 g/mol. The molecule has 1 aromatic heterocycles. The molecule has 17 heavy (non-hydrogen) atoms. The molecule has 0 bridgehead atoms. The smallest absolute Gasteiger partial charge is 0.330 e. The first-order chi connectivity index (χ1) is 8.15. The van der Waals surface area contributed by atoms with Crippen LogP contribution >= 0.6 is 0 Å². The fraction of sp³-hybridized carbons (Fsp3) is 0.667. The van der Waals surface area contributed by atoms with Crippen molar-refractivity contribution >= 4 is 0 Å². The van der Waals surface area contributed by atoms with E-state index in [1.54, 1.807) is 0 Å². The molecule has 1 aliphatic rings. The SMILES string of the molecule is CCC1C[C@H](n2ccc(=O)[nH]c2=O)O[C@@H]1CC. The molecule has 5 nitrogen and oxygen atoms in total. The highest BCUT2D eigenvalue weighted by molar-refractivity contribution is 4.87. The van der Waals surface area contributed by atoms with E-state index in [0.717, 1.165) is 19.3 Å². The van der Waals surface area contributed by atoms with Gasteiger partial charge in [0, 0.05) is 12.3 Å². The van der Waals surface area contributed by atoms with Gasteiger partial charge >= 0.3 is 5.69 Å². The second kappa shape index (κ2) is 4.87. The number of ether oxygens (including phenoxy) is 1. The number of hydrogen-bond acceptors (Lipinski definition) is 3. The molecule has 0 amide bonds. The Morgan fingerprint density at radius 3 is 2.71 bits per heavy atom. The second-order valence-corrected chi connectivity index (χ2v) is 4.46. The predicted molar refractivity (Wildman–Crippen MR) is 63.9 cm³/mol. The molecule has 0 radical (unpaired) electrons. The minimum Gasteiger partial charge on any atom is -0.354 e. The summed E-state index contributed by atoms with van der Waals surface area (Å²) in [7, 11) is 0. The number of hydrogen-bond donors (Lipinski definition) is 1. The molecular formula is C12H18N2O3. The van der Waals surface area contributed by atoms with Crippen molar-refractivity contribution in [3.05, 3.63) is 33.1 Å². The van der Waals surface area contributed by atoms with Crippen LogP contribution in [0.5, 0.6) is 0 Å². The van der Waals surface area contributed by atoms with Gasteiger partial charge in [-0.25, -0.2) is 4.79 Å². The van der Waals surface area contributed by atoms with Crippen LogP contribution in [0.25, 0.3) is 0 Å². The van der Waals surface area contributed by atoms with Crippen molar-refractivity contribution in [1.82, 2.24) is 9.55 Å². The largest absolute Gasteiger partial charge is 0.354 e. The predicted octanol–water partition coefficient (Wildman–Crippen LogP) is 1.26. The normalized spacial score (nSPS) is 28.5. The van der Waals surface area contributed by atoms with Crippen molar-refractivity contribution < 1.29 is 4.74 Å². The van der Waals surface area contributed by atoms with E-state index in [-0.39, 0.29) is 17.9 Å². The molecule has 1 aromatic rings. The van der Waals surface area contributed by atoms with Crippen LogP contribution in [0.2, 0.25) is 0 Å².